The normalized spacial score (nSPS) is 11.6. The van der Waals surface area contributed by atoms with Gasteiger partial charge in [-0.2, -0.15) is 0 Å². The molecule has 4 rings (SSSR count). The molecule has 0 spiro atoms. The van der Waals surface area contributed by atoms with Gasteiger partial charge in [0.05, 0.1) is 6.54 Å². The minimum absolute atomic E-state index is 0.105. The van der Waals surface area contributed by atoms with E-state index in [0.717, 1.165) is 12.1 Å². The lowest BCUT2D eigenvalue weighted by Gasteiger charge is -2.23. The average Bonchev–Trinajstić information content (AvgIpc) is 3.32. The highest BCUT2D eigenvalue weighted by Crippen LogP contribution is 2.23. The van der Waals surface area contributed by atoms with Gasteiger partial charge in [-0.1, -0.05) is 87.5 Å². The predicted octanol–water partition coefficient (Wildman–Crippen LogP) is 6.24. The SMILES string of the molecule is CC(C)(C)c1ccc(CN(Cc2ccccc2)Cc2nc(C(=O)NCc3ccc(F)cc3)co2)cc1. The third kappa shape index (κ3) is 7.12. The van der Waals surface area contributed by atoms with E-state index in [4.69, 9.17) is 4.42 Å². The van der Waals surface area contributed by atoms with Crippen molar-refractivity contribution in [2.45, 2.75) is 52.4 Å². The maximum atomic E-state index is 13.1. The van der Waals surface area contributed by atoms with Gasteiger partial charge in [0.15, 0.2) is 5.69 Å². The van der Waals surface area contributed by atoms with E-state index in [1.54, 1.807) is 12.1 Å². The Bertz CT molecular complexity index is 1260. The zero-order chi connectivity index (χ0) is 25.5. The molecule has 36 heavy (non-hydrogen) atoms. The lowest BCUT2D eigenvalue weighted by molar-refractivity contribution is 0.0945. The highest BCUT2D eigenvalue weighted by molar-refractivity contribution is 5.91. The van der Waals surface area contributed by atoms with Crippen molar-refractivity contribution in [3.05, 3.63) is 125 Å². The maximum Gasteiger partial charge on any atom is 0.273 e. The first-order valence-electron chi connectivity index (χ1n) is 12.1. The largest absolute Gasteiger partial charge is 0.447 e. The number of nitrogens with one attached hydrogen (secondary N) is 1. The van der Waals surface area contributed by atoms with Gasteiger partial charge in [-0.25, -0.2) is 9.37 Å². The molecule has 0 aliphatic heterocycles. The molecule has 4 aromatic rings. The van der Waals surface area contributed by atoms with Gasteiger partial charge in [0.2, 0.25) is 5.89 Å². The second-order valence-corrected chi connectivity index (χ2v) is 10.0. The van der Waals surface area contributed by atoms with Gasteiger partial charge in [-0.15, -0.1) is 0 Å². The molecule has 5 nitrogen and oxygen atoms in total. The van der Waals surface area contributed by atoms with Gasteiger partial charge in [-0.05, 0) is 39.8 Å². The van der Waals surface area contributed by atoms with Crippen LogP contribution >= 0.6 is 0 Å². The van der Waals surface area contributed by atoms with E-state index in [9.17, 15) is 9.18 Å². The first-order chi connectivity index (χ1) is 17.3. The van der Waals surface area contributed by atoms with Gasteiger partial charge in [0, 0.05) is 19.6 Å². The van der Waals surface area contributed by atoms with Crippen LogP contribution in [0.2, 0.25) is 0 Å². The monoisotopic (exact) mass is 485 g/mol. The number of hydrogen-bond donors (Lipinski definition) is 1. The Hall–Kier alpha value is -3.77. The summed E-state index contributed by atoms with van der Waals surface area (Å²) in [5.41, 5.74) is 4.81. The van der Waals surface area contributed by atoms with Gasteiger partial charge >= 0.3 is 0 Å². The van der Waals surface area contributed by atoms with Crippen molar-refractivity contribution in [1.82, 2.24) is 15.2 Å². The summed E-state index contributed by atoms with van der Waals surface area (Å²) in [6.45, 7) is 8.80. The number of halogens is 1. The zero-order valence-corrected chi connectivity index (χ0v) is 21.0. The van der Waals surface area contributed by atoms with Crippen LogP contribution in [0.5, 0.6) is 0 Å². The number of oxazole rings is 1. The molecule has 3 aromatic carbocycles. The summed E-state index contributed by atoms with van der Waals surface area (Å²) in [6.07, 6.45) is 1.38. The first kappa shape index (κ1) is 25.3. The molecule has 0 aliphatic carbocycles. The Morgan fingerprint density at radius 2 is 1.47 bits per heavy atom. The fraction of sp³-hybridized carbons (Fsp3) is 0.267. The van der Waals surface area contributed by atoms with E-state index in [1.165, 1.54) is 35.1 Å². The Labute approximate surface area is 212 Å². The van der Waals surface area contributed by atoms with Crippen molar-refractivity contribution in [3.63, 3.8) is 0 Å². The second kappa shape index (κ2) is 11.3. The molecule has 0 saturated heterocycles. The Kier molecular flexibility index (Phi) is 7.96. The molecule has 6 heteroatoms. The van der Waals surface area contributed by atoms with Crippen LogP contribution in [0.25, 0.3) is 0 Å². The molecular formula is C30H32FN3O2. The molecule has 1 heterocycles. The van der Waals surface area contributed by atoms with Gasteiger partial charge in [0.1, 0.15) is 12.1 Å². The standard InChI is InChI=1S/C30H32FN3O2/c1-30(2,3)25-13-9-24(10-14-25)19-34(18-23-7-5-4-6-8-23)20-28-33-27(21-36-28)29(35)32-17-22-11-15-26(31)16-12-22/h4-16,21H,17-20H2,1-3H3,(H,32,35). The summed E-state index contributed by atoms with van der Waals surface area (Å²) in [5.74, 6) is -0.165. The fourth-order valence-electron chi connectivity index (χ4n) is 3.93. The quantitative estimate of drug-likeness (QED) is 0.305. The molecule has 0 unspecified atom stereocenters. The summed E-state index contributed by atoms with van der Waals surface area (Å²) in [7, 11) is 0. The summed E-state index contributed by atoms with van der Waals surface area (Å²) in [5, 5.41) is 2.80. The lowest BCUT2D eigenvalue weighted by Crippen LogP contribution is -2.24. The third-order valence-corrected chi connectivity index (χ3v) is 5.98. The van der Waals surface area contributed by atoms with Crippen molar-refractivity contribution in [1.29, 1.82) is 0 Å². The number of rotatable bonds is 9. The number of hydrogen-bond acceptors (Lipinski definition) is 4. The van der Waals surface area contributed by atoms with Gasteiger partial charge in [-0.3, -0.25) is 9.69 Å². The van der Waals surface area contributed by atoms with Crippen LogP contribution in [0, 0.1) is 5.82 Å². The smallest absolute Gasteiger partial charge is 0.273 e. The molecule has 0 bridgehead atoms. The molecule has 0 fully saturated rings. The Morgan fingerprint density at radius 3 is 2.11 bits per heavy atom. The van der Waals surface area contributed by atoms with Crippen molar-refractivity contribution in [3.8, 4) is 0 Å². The number of benzene rings is 3. The van der Waals surface area contributed by atoms with Crippen LogP contribution in [0.3, 0.4) is 0 Å². The highest BCUT2D eigenvalue weighted by Gasteiger charge is 2.17. The van der Waals surface area contributed by atoms with Gasteiger partial charge < -0.3 is 9.73 Å². The van der Waals surface area contributed by atoms with E-state index in [0.29, 0.717) is 19.0 Å². The average molecular weight is 486 g/mol. The van der Waals surface area contributed by atoms with Crippen molar-refractivity contribution >= 4 is 5.91 Å². The van der Waals surface area contributed by atoms with E-state index in [2.05, 4.69) is 72.4 Å². The first-order valence-corrected chi connectivity index (χ1v) is 12.1. The third-order valence-electron chi connectivity index (χ3n) is 5.98. The summed E-state index contributed by atoms with van der Waals surface area (Å²) in [4.78, 5) is 19.2. The van der Waals surface area contributed by atoms with E-state index >= 15 is 0 Å². The lowest BCUT2D eigenvalue weighted by atomic mass is 9.87. The van der Waals surface area contributed by atoms with Gasteiger partial charge in [0.25, 0.3) is 5.91 Å². The molecule has 1 N–H and O–H groups in total. The van der Waals surface area contributed by atoms with Crippen LogP contribution in [0.1, 0.15) is 59.4 Å². The number of carbonyl (C=O) groups is 1. The predicted molar refractivity (Wildman–Crippen MR) is 139 cm³/mol. The molecule has 186 valence electrons. The maximum absolute atomic E-state index is 13.1. The highest BCUT2D eigenvalue weighted by atomic mass is 19.1. The summed E-state index contributed by atoms with van der Waals surface area (Å²) >= 11 is 0. The molecule has 1 amide bonds. The van der Waals surface area contributed by atoms with Crippen LogP contribution < -0.4 is 5.32 Å². The van der Waals surface area contributed by atoms with Crippen molar-refractivity contribution in [2.75, 3.05) is 0 Å². The summed E-state index contributed by atoms with van der Waals surface area (Å²) < 4.78 is 18.7. The van der Waals surface area contributed by atoms with E-state index in [-0.39, 0.29) is 29.4 Å². The molecule has 0 radical (unpaired) electrons. The van der Waals surface area contributed by atoms with Crippen LogP contribution in [-0.2, 0) is 31.6 Å². The fourth-order valence-corrected chi connectivity index (χ4v) is 3.93. The van der Waals surface area contributed by atoms with E-state index < -0.39 is 0 Å². The molecule has 1 aromatic heterocycles. The van der Waals surface area contributed by atoms with Crippen LogP contribution in [0.15, 0.2) is 89.5 Å². The number of aromatic nitrogens is 1. The molecule has 0 aliphatic rings. The molecule has 0 atom stereocenters. The van der Waals surface area contributed by atoms with E-state index in [1.807, 2.05) is 18.2 Å². The summed E-state index contributed by atoms with van der Waals surface area (Å²) in [6, 6.07) is 25.0. The molecule has 0 saturated carbocycles. The minimum Gasteiger partial charge on any atom is -0.447 e. The van der Waals surface area contributed by atoms with Crippen LogP contribution in [-0.4, -0.2) is 15.8 Å². The minimum atomic E-state index is -0.332. The van der Waals surface area contributed by atoms with Crippen molar-refractivity contribution < 1.29 is 13.6 Å². The topological polar surface area (TPSA) is 58.4 Å². The molecular weight excluding hydrogens is 453 g/mol. The Balaban J connectivity index is 1.43. The number of amides is 1. The zero-order valence-electron chi connectivity index (χ0n) is 21.0. The second-order valence-electron chi connectivity index (χ2n) is 10.0. The van der Waals surface area contributed by atoms with Crippen molar-refractivity contribution in [2.24, 2.45) is 0 Å². The van der Waals surface area contributed by atoms with Crippen LogP contribution in [0.4, 0.5) is 4.39 Å². The number of nitrogens with zero attached hydrogens (tertiary/aromatic N) is 2. The Morgan fingerprint density at radius 1 is 0.861 bits per heavy atom. The number of carbonyl (C=O) groups excluding carboxylic acids is 1.